The number of allylic oxidation sites excluding steroid dienone is 2. The summed E-state index contributed by atoms with van der Waals surface area (Å²) in [5, 5.41) is 5.71. The molecule has 2 aromatic carbocycles. The number of nitrogens with one attached hydrogen (secondary N) is 2. The zero-order valence-electron chi connectivity index (χ0n) is 27.4. The third-order valence-corrected chi connectivity index (χ3v) is 9.67. The Bertz CT molecular complexity index is 1680. The maximum atomic E-state index is 14.2. The van der Waals surface area contributed by atoms with Crippen LogP contribution in [0.2, 0.25) is 0 Å². The van der Waals surface area contributed by atoms with Gasteiger partial charge in [-0.3, -0.25) is 4.79 Å². The van der Waals surface area contributed by atoms with Crippen molar-refractivity contribution < 1.29 is 40.6 Å². The second kappa shape index (κ2) is 15.0. The first-order valence-corrected chi connectivity index (χ1v) is 16.8. The van der Waals surface area contributed by atoms with E-state index in [0.29, 0.717) is 30.2 Å². The molecular weight excluding hydrogens is 653 g/mol. The molecule has 0 unspecified atom stereocenters. The number of hydrogen-bond acceptors (Lipinski definition) is 8. The van der Waals surface area contributed by atoms with Crippen molar-refractivity contribution in [2.75, 3.05) is 53.0 Å². The van der Waals surface area contributed by atoms with E-state index in [4.69, 9.17) is 19.9 Å². The van der Waals surface area contributed by atoms with Crippen LogP contribution in [0.15, 0.2) is 71.6 Å². The fourth-order valence-electron chi connectivity index (χ4n) is 5.84. The molecule has 16 heteroatoms. The van der Waals surface area contributed by atoms with E-state index in [9.17, 15) is 26.4 Å². The van der Waals surface area contributed by atoms with Gasteiger partial charge in [0.1, 0.15) is 17.4 Å². The number of guanidine groups is 1. The lowest BCUT2D eigenvalue weighted by Gasteiger charge is -2.36. The number of likely N-dealkylation sites (N-methyl/N-ethyl adjacent to an activating group) is 2. The number of rotatable bonds is 11. The zero-order chi connectivity index (χ0) is 35.4. The van der Waals surface area contributed by atoms with Gasteiger partial charge in [0.2, 0.25) is 21.9 Å². The molecule has 0 radical (unpaired) electrons. The van der Waals surface area contributed by atoms with Crippen molar-refractivity contribution in [2.45, 2.75) is 43.3 Å². The van der Waals surface area contributed by atoms with Crippen LogP contribution in [0.3, 0.4) is 0 Å². The summed E-state index contributed by atoms with van der Waals surface area (Å²) < 4.78 is 85.5. The predicted molar refractivity (Wildman–Crippen MR) is 176 cm³/mol. The highest BCUT2D eigenvalue weighted by Gasteiger charge is 2.42. The number of likely N-dealkylation sites (tertiary alicyclic amines) is 1. The van der Waals surface area contributed by atoms with Gasteiger partial charge in [-0.2, -0.15) is 22.5 Å². The molecule has 262 valence electrons. The first kappa shape index (κ1) is 36.7. The number of sulfonamides is 1. The number of nitrogens with zero attached hydrogens (tertiary/aromatic N) is 3. The van der Waals surface area contributed by atoms with E-state index in [1.807, 2.05) is 7.05 Å². The Kier molecular flexibility index (Phi) is 11.4. The van der Waals surface area contributed by atoms with Crippen LogP contribution < -0.4 is 21.1 Å². The van der Waals surface area contributed by atoms with Crippen LogP contribution in [-0.2, 0) is 25.9 Å². The number of hydrogen-bond donors (Lipinski definition) is 3. The first-order valence-electron chi connectivity index (χ1n) is 15.0. The Balaban J connectivity index is 1.62. The highest BCUT2D eigenvalue weighted by molar-refractivity contribution is 7.88. The number of halogens is 3. The van der Waals surface area contributed by atoms with Gasteiger partial charge in [-0.15, -0.1) is 0 Å². The molecule has 1 heterocycles. The van der Waals surface area contributed by atoms with Gasteiger partial charge in [0, 0.05) is 32.7 Å². The predicted octanol–water partition coefficient (Wildman–Crippen LogP) is 3.40. The van der Waals surface area contributed by atoms with Crippen molar-refractivity contribution in [2.24, 2.45) is 10.7 Å². The Labute approximate surface area is 278 Å². The highest BCUT2D eigenvalue weighted by atomic mass is 32.2. The van der Waals surface area contributed by atoms with Gasteiger partial charge in [0.25, 0.3) is 5.91 Å². The topological polar surface area (TPSA) is 148 Å². The number of fused-ring (bicyclic) bond motifs is 1. The second-order valence-electron chi connectivity index (χ2n) is 11.6. The molecule has 0 aromatic heterocycles. The summed E-state index contributed by atoms with van der Waals surface area (Å²) in [5.74, 6) is -1.60. The van der Waals surface area contributed by atoms with E-state index in [1.165, 1.54) is 32.4 Å². The van der Waals surface area contributed by atoms with Gasteiger partial charge in [-0.1, -0.05) is 36.9 Å². The maximum absolute atomic E-state index is 14.2. The average molecular weight is 695 g/mol. The number of ether oxygens (including phenoxy) is 3. The smallest absolute Gasteiger partial charge is 0.421 e. The van der Waals surface area contributed by atoms with Crippen LogP contribution in [0.5, 0.6) is 5.75 Å². The number of nitrogens with two attached hydrogens (primary N) is 1. The standard InChI is InChI=1S/C32H41F3N6O6S/c1-7-22(32(33,34)35)30(47-26-16-19-10-8-9-11-21(19)28(26)41(3)48(6,43)44)39-31(36)38-23-13-12-20(17-25(23)45-4)29(42)37-24-14-15-40(2)18-27(24)46-5/h7-13,17,24,26-28H,1,14-16,18H2,2-6H3,(H,37,42)(H3,36,38,39)/b30-22-/t24-,26+,27-,28+/m0/s1. The summed E-state index contributed by atoms with van der Waals surface area (Å²) in [6.07, 6.45) is -3.85. The molecule has 0 spiro atoms. The summed E-state index contributed by atoms with van der Waals surface area (Å²) in [6, 6.07) is 10.2. The Morgan fingerprint density at radius 1 is 1.19 bits per heavy atom. The number of carbonyl (C=O) groups is 1. The minimum Gasteiger partial charge on any atom is -0.495 e. The molecule has 4 atom stereocenters. The number of benzene rings is 2. The van der Waals surface area contributed by atoms with E-state index in [-0.39, 0.29) is 41.5 Å². The van der Waals surface area contributed by atoms with Gasteiger partial charge in [0.15, 0.2) is 0 Å². The molecule has 0 bridgehead atoms. The third-order valence-electron chi connectivity index (χ3n) is 8.39. The molecule has 12 nitrogen and oxygen atoms in total. The van der Waals surface area contributed by atoms with Gasteiger partial charge in [-0.05, 0) is 49.3 Å². The van der Waals surface area contributed by atoms with E-state index in [2.05, 4.69) is 27.1 Å². The molecule has 4 N–H and O–H groups in total. The molecule has 1 saturated heterocycles. The molecule has 0 saturated carbocycles. The van der Waals surface area contributed by atoms with Gasteiger partial charge >= 0.3 is 6.18 Å². The quantitative estimate of drug-likeness (QED) is 0.139. The number of aliphatic imine (C=N–C) groups is 1. The fraction of sp³-hybridized carbons (Fsp3) is 0.438. The average Bonchev–Trinajstić information content (AvgIpc) is 3.38. The van der Waals surface area contributed by atoms with Crippen LogP contribution in [0.1, 0.15) is 33.9 Å². The normalized spacial score (nSPS) is 22.5. The van der Waals surface area contributed by atoms with Crippen LogP contribution in [0.25, 0.3) is 0 Å². The Morgan fingerprint density at radius 2 is 1.90 bits per heavy atom. The number of carbonyl (C=O) groups excluding carboxylic acids is 1. The number of amides is 1. The molecule has 1 aliphatic carbocycles. The Hall–Kier alpha value is -4.12. The van der Waals surface area contributed by atoms with E-state index >= 15 is 0 Å². The van der Waals surface area contributed by atoms with Crippen molar-refractivity contribution in [3.05, 3.63) is 83.3 Å². The van der Waals surface area contributed by atoms with Gasteiger partial charge in [0.05, 0.1) is 37.2 Å². The van der Waals surface area contributed by atoms with Crippen LogP contribution in [-0.4, -0.2) is 102 Å². The second-order valence-corrected chi connectivity index (χ2v) is 13.7. The number of methoxy groups -OCH3 is 2. The summed E-state index contributed by atoms with van der Waals surface area (Å²) in [6.45, 7) is 4.75. The van der Waals surface area contributed by atoms with Crippen molar-refractivity contribution >= 4 is 27.6 Å². The minimum absolute atomic E-state index is 0.107. The van der Waals surface area contributed by atoms with Gasteiger partial charge < -0.3 is 35.5 Å². The number of alkyl halides is 3. The van der Waals surface area contributed by atoms with Crippen molar-refractivity contribution in [3.63, 3.8) is 0 Å². The largest absolute Gasteiger partial charge is 0.495 e. The highest BCUT2D eigenvalue weighted by Crippen LogP contribution is 2.41. The molecule has 2 aliphatic rings. The Morgan fingerprint density at radius 3 is 2.52 bits per heavy atom. The summed E-state index contributed by atoms with van der Waals surface area (Å²) in [4.78, 5) is 19.2. The SMILES string of the molecule is C=C/C(=C(\N=C(/N)Nc1ccc(C(=O)N[C@H]2CCN(C)C[C@@H]2OC)cc1OC)O[C@@H]1Cc2ccccc2[C@H]1N(C)S(C)(=O)=O)C(F)(F)F. The molecule has 2 aromatic rings. The van der Waals surface area contributed by atoms with Crippen LogP contribution in [0.4, 0.5) is 18.9 Å². The van der Waals surface area contributed by atoms with Crippen molar-refractivity contribution in [3.8, 4) is 5.75 Å². The van der Waals surface area contributed by atoms with E-state index in [0.717, 1.165) is 17.1 Å². The molecular formula is C32H41F3N6O6S. The fourth-order valence-corrected chi connectivity index (χ4v) is 6.50. The lowest BCUT2D eigenvalue weighted by molar-refractivity contribution is -0.0932. The molecule has 1 fully saturated rings. The van der Waals surface area contributed by atoms with Crippen molar-refractivity contribution in [1.29, 1.82) is 0 Å². The van der Waals surface area contributed by atoms with Crippen LogP contribution >= 0.6 is 0 Å². The van der Waals surface area contributed by atoms with E-state index < -0.39 is 45.8 Å². The lowest BCUT2D eigenvalue weighted by atomic mass is 10.0. The zero-order valence-corrected chi connectivity index (χ0v) is 28.2. The number of anilines is 1. The molecule has 4 rings (SSSR count). The summed E-state index contributed by atoms with van der Waals surface area (Å²) in [5.41, 5.74) is 6.60. The molecule has 1 aliphatic heterocycles. The maximum Gasteiger partial charge on any atom is 0.421 e. The minimum atomic E-state index is -4.94. The first-order chi connectivity index (χ1) is 22.6. The molecule has 48 heavy (non-hydrogen) atoms. The van der Waals surface area contributed by atoms with Crippen LogP contribution in [0, 0.1) is 0 Å². The van der Waals surface area contributed by atoms with Crippen molar-refractivity contribution in [1.82, 2.24) is 14.5 Å². The number of piperidine rings is 1. The lowest BCUT2D eigenvalue weighted by Crippen LogP contribution is -2.53. The summed E-state index contributed by atoms with van der Waals surface area (Å²) >= 11 is 0. The summed E-state index contributed by atoms with van der Waals surface area (Å²) in [7, 11) is 2.48. The molecule has 1 amide bonds. The van der Waals surface area contributed by atoms with Gasteiger partial charge in [-0.25, -0.2) is 8.42 Å². The monoisotopic (exact) mass is 694 g/mol. The van der Waals surface area contributed by atoms with E-state index in [1.54, 1.807) is 31.4 Å². The third kappa shape index (κ3) is 8.47.